The number of piperidine rings is 1. The topological polar surface area (TPSA) is 20.3 Å². The summed E-state index contributed by atoms with van der Waals surface area (Å²) in [4.78, 5) is 13.4. The number of halogens is 3. The standard InChI is InChI=1S/C14H16F3NO/c1-9-3-2-4-13(19)18(9)8-11-7-10(14(16)17)5-6-12(11)15/h5-7,9,14H,2-4,8H2,1H3. The third kappa shape index (κ3) is 3.08. The van der Waals surface area contributed by atoms with E-state index >= 15 is 0 Å². The lowest BCUT2D eigenvalue weighted by atomic mass is 10.0. The first-order chi connectivity index (χ1) is 8.99. The maximum absolute atomic E-state index is 13.7. The van der Waals surface area contributed by atoms with E-state index in [9.17, 15) is 18.0 Å². The molecule has 1 saturated heterocycles. The third-order valence-corrected chi connectivity index (χ3v) is 3.53. The number of alkyl halides is 2. The van der Waals surface area contributed by atoms with Crippen molar-refractivity contribution in [3.8, 4) is 0 Å². The zero-order chi connectivity index (χ0) is 14.0. The number of hydrogen-bond acceptors (Lipinski definition) is 1. The van der Waals surface area contributed by atoms with Gasteiger partial charge >= 0.3 is 0 Å². The van der Waals surface area contributed by atoms with Crippen LogP contribution in [0, 0.1) is 5.82 Å². The van der Waals surface area contributed by atoms with E-state index in [1.54, 1.807) is 4.90 Å². The Kier molecular flexibility index (Phi) is 4.12. The largest absolute Gasteiger partial charge is 0.336 e. The molecule has 2 rings (SSSR count). The van der Waals surface area contributed by atoms with Crippen molar-refractivity contribution >= 4 is 5.91 Å². The summed E-state index contributed by atoms with van der Waals surface area (Å²) in [6, 6.07) is 3.28. The fourth-order valence-corrected chi connectivity index (χ4v) is 2.37. The molecule has 2 nitrogen and oxygen atoms in total. The van der Waals surface area contributed by atoms with Crippen LogP contribution < -0.4 is 0 Å². The summed E-state index contributed by atoms with van der Waals surface area (Å²) >= 11 is 0. The van der Waals surface area contributed by atoms with E-state index in [0.29, 0.717) is 6.42 Å². The van der Waals surface area contributed by atoms with Gasteiger partial charge in [0.1, 0.15) is 5.82 Å². The molecule has 1 atom stereocenters. The minimum absolute atomic E-state index is 0.0239. The van der Waals surface area contributed by atoms with Gasteiger partial charge in [-0.2, -0.15) is 0 Å². The molecule has 1 fully saturated rings. The number of nitrogens with zero attached hydrogens (tertiary/aromatic N) is 1. The second kappa shape index (κ2) is 5.63. The molecular formula is C14H16F3NO. The molecule has 0 radical (unpaired) electrons. The van der Waals surface area contributed by atoms with E-state index in [2.05, 4.69) is 0 Å². The molecule has 0 aromatic heterocycles. The highest BCUT2D eigenvalue weighted by Gasteiger charge is 2.25. The Morgan fingerprint density at radius 1 is 1.42 bits per heavy atom. The van der Waals surface area contributed by atoms with Gasteiger partial charge in [-0.05, 0) is 31.9 Å². The fraction of sp³-hybridized carbons (Fsp3) is 0.500. The normalized spacial score (nSPS) is 20.2. The molecule has 1 aromatic carbocycles. The number of amides is 1. The van der Waals surface area contributed by atoms with E-state index in [4.69, 9.17) is 0 Å². The predicted octanol–water partition coefficient (Wildman–Crippen LogP) is 3.66. The molecule has 0 N–H and O–H groups in total. The van der Waals surface area contributed by atoms with E-state index < -0.39 is 12.2 Å². The molecule has 1 aromatic rings. The molecule has 1 aliphatic rings. The maximum atomic E-state index is 13.7. The van der Waals surface area contributed by atoms with Crippen LogP contribution in [0.2, 0.25) is 0 Å². The molecule has 1 amide bonds. The number of likely N-dealkylation sites (tertiary alicyclic amines) is 1. The van der Waals surface area contributed by atoms with Gasteiger partial charge in [0.2, 0.25) is 5.91 Å². The average Bonchev–Trinajstić information content (AvgIpc) is 2.35. The Hall–Kier alpha value is -1.52. The highest BCUT2D eigenvalue weighted by atomic mass is 19.3. The van der Waals surface area contributed by atoms with Gasteiger partial charge in [0.15, 0.2) is 0 Å². The highest BCUT2D eigenvalue weighted by molar-refractivity contribution is 5.77. The van der Waals surface area contributed by atoms with Gasteiger partial charge in [-0.3, -0.25) is 4.79 Å². The van der Waals surface area contributed by atoms with Crippen molar-refractivity contribution < 1.29 is 18.0 Å². The first-order valence-electron chi connectivity index (χ1n) is 6.35. The molecule has 1 heterocycles. The van der Waals surface area contributed by atoms with Crippen LogP contribution in [-0.4, -0.2) is 16.8 Å². The van der Waals surface area contributed by atoms with Crippen LogP contribution in [0.15, 0.2) is 18.2 Å². The van der Waals surface area contributed by atoms with Gasteiger partial charge in [0.25, 0.3) is 6.43 Å². The lowest BCUT2D eigenvalue weighted by Crippen LogP contribution is -2.41. The van der Waals surface area contributed by atoms with Crippen LogP contribution >= 0.6 is 0 Å². The van der Waals surface area contributed by atoms with Gasteiger partial charge in [-0.25, -0.2) is 13.2 Å². The summed E-state index contributed by atoms with van der Waals surface area (Å²) in [6.45, 7) is 1.96. The SMILES string of the molecule is CC1CCCC(=O)N1Cc1cc(C(F)F)ccc1F. The predicted molar refractivity (Wildman–Crippen MR) is 65.2 cm³/mol. The Bertz CT molecular complexity index is 476. The highest BCUT2D eigenvalue weighted by Crippen LogP contribution is 2.25. The molecule has 19 heavy (non-hydrogen) atoms. The first-order valence-corrected chi connectivity index (χ1v) is 6.35. The van der Waals surface area contributed by atoms with Gasteiger partial charge in [-0.15, -0.1) is 0 Å². The van der Waals surface area contributed by atoms with E-state index in [1.807, 2.05) is 6.92 Å². The maximum Gasteiger partial charge on any atom is 0.263 e. The zero-order valence-electron chi connectivity index (χ0n) is 10.7. The quantitative estimate of drug-likeness (QED) is 0.821. The van der Waals surface area contributed by atoms with Crippen molar-refractivity contribution in [2.45, 2.75) is 45.2 Å². The molecule has 0 saturated carbocycles. The minimum atomic E-state index is -2.63. The Morgan fingerprint density at radius 2 is 2.16 bits per heavy atom. The number of carbonyl (C=O) groups excluding carboxylic acids is 1. The Balaban J connectivity index is 2.22. The number of hydrogen-bond donors (Lipinski definition) is 0. The molecule has 0 aliphatic carbocycles. The van der Waals surface area contributed by atoms with Crippen molar-refractivity contribution in [2.75, 3.05) is 0 Å². The summed E-state index contributed by atoms with van der Waals surface area (Å²) in [5.41, 5.74) is -0.0617. The van der Waals surface area contributed by atoms with E-state index in [-0.39, 0.29) is 29.6 Å². The van der Waals surface area contributed by atoms with Crippen molar-refractivity contribution in [3.63, 3.8) is 0 Å². The van der Waals surface area contributed by atoms with Crippen LogP contribution in [0.25, 0.3) is 0 Å². The van der Waals surface area contributed by atoms with Crippen LogP contribution in [0.3, 0.4) is 0 Å². The molecule has 1 aliphatic heterocycles. The number of benzene rings is 1. The fourth-order valence-electron chi connectivity index (χ4n) is 2.37. The van der Waals surface area contributed by atoms with Crippen molar-refractivity contribution in [2.24, 2.45) is 0 Å². The van der Waals surface area contributed by atoms with Crippen LogP contribution in [-0.2, 0) is 11.3 Å². The molecule has 5 heteroatoms. The third-order valence-electron chi connectivity index (χ3n) is 3.53. The van der Waals surface area contributed by atoms with Gasteiger partial charge in [0, 0.05) is 30.1 Å². The summed E-state index contributed by atoms with van der Waals surface area (Å²) in [5, 5.41) is 0. The van der Waals surface area contributed by atoms with E-state index in [0.717, 1.165) is 31.0 Å². The van der Waals surface area contributed by atoms with Gasteiger partial charge in [0.05, 0.1) is 0 Å². The molecule has 0 bridgehead atoms. The number of rotatable bonds is 3. The summed E-state index contributed by atoms with van der Waals surface area (Å²) in [6.07, 6.45) is -0.493. The van der Waals surface area contributed by atoms with Crippen LogP contribution in [0.4, 0.5) is 13.2 Å². The molecule has 104 valence electrons. The van der Waals surface area contributed by atoms with Crippen molar-refractivity contribution in [3.05, 3.63) is 35.1 Å². The van der Waals surface area contributed by atoms with Crippen molar-refractivity contribution in [1.29, 1.82) is 0 Å². The molecular weight excluding hydrogens is 255 g/mol. The Morgan fingerprint density at radius 3 is 2.79 bits per heavy atom. The molecule has 1 unspecified atom stereocenters. The van der Waals surface area contributed by atoms with E-state index in [1.165, 1.54) is 0 Å². The lowest BCUT2D eigenvalue weighted by Gasteiger charge is -2.33. The second-order valence-corrected chi connectivity index (χ2v) is 4.91. The lowest BCUT2D eigenvalue weighted by molar-refractivity contribution is -0.136. The summed E-state index contributed by atoms with van der Waals surface area (Å²) in [5.74, 6) is -0.587. The monoisotopic (exact) mass is 271 g/mol. The van der Waals surface area contributed by atoms with Crippen LogP contribution in [0.5, 0.6) is 0 Å². The minimum Gasteiger partial charge on any atom is -0.336 e. The zero-order valence-corrected chi connectivity index (χ0v) is 10.7. The van der Waals surface area contributed by atoms with Gasteiger partial charge in [-0.1, -0.05) is 6.07 Å². The number of carbonyl (C=O) groups is 1. The van der Waals surface area contributed by atoms with Gasteiger partial charge < -0.3 is 4.90 Å². The summed E-state index contributed by atoms with van der Waals surface area (Å²) in [7, 11) is 0. The van der Waals surface area contributed by atoms with Crippen LogP contribution in [0.1, 0.15) is 43.7 Å². The smallest absolute Gasteiger partial charge is 0.263 e. The van der Waals surface area contributed by atoms with Crippen molar-refractivity contribution in [1.82, 2.24) is 4.90 Å². The summed E-state index contributed by atoms with van der Waals surface area (Å²) < 4.78 is 38.9. The first kappa shape index (κ1) is 13.9. The second-order valence-electron chi connectivity index (χ2n) is 4.91. The molecule has 0 spiro atoms. The average molecular weight is 271 g/mol. The Labute approximate surface area is 110 Å².